The number of pyridine rings is 1. The number of fused-ring (bicyclic) bond motifs is 1. The summed E-state index contributed by atoms with van der Waals surface area (Å²) in [6, 6.07) is 22.8. The van der Waals surface area contributed by atoms with E-state index in [4.69, 9.17) is 4.74 Å². The first-order valence-electron chi connectivity index (χ1n) is 9.35. The molecule has 1 amide bonds. The van der Waals surface area contributed by atoms with E-state index in [2.05, 4.69) is 15.6 Å². The number of carbonyl (C=O) groups excluding carboxylic acids is 1. The summed E-state index contributed by atoms with van der Waals surface area (Å²) < 4.78 is 5.96. The van der Waals surface area contributed by atoms with Crippen LogP contribution in [0.25, 0.3) is 10.8 Å². The molecule has 1 heterocycles. The number of amides is 1. The summed E-state index contributed by atoms with van der Waals surface area (Å²) in [7, 11) is 1.81. The average Bonchev–Trinajstić information content (AvgIpc) is 2.73. The van der Waals surface area contributed by atoms with Crippen LogP contribution in [0.3, 0.4) is 0 Å². The Balaban J connectivity index is 1.61. The van der Waals surface area contributed by atoms with Crippen molar-refractivity contribution in [1.29, 1.82) is 0 Å². The SMILES string of the molecule is CNc1cc(Oc2ccc3c(C(=O)Nc4cccc(C)c4)cccc3c2)ccn1. The van der Waals surface area contributed by atoms with E-state index in [1.165, 1.54) is 0 Å². The maximum atomic E-state index is 12.8. The van der Waals surface area contributed by atoms with Crippen molar-refractivity contribution in [3.63, 3.8) is 0 Å². The Bertz CT molecular complexity index is 1190. The van der Waals surface area contributed by atoms with Crippen LogP contribution in [0.5, 0.6) is 11.5 Å². The highest BCUT2D eigenvalue weighted by Crippen LogP contribution is 2.28. The standard InChI is InChI=1S/C24H21N3O2/c1-16-5-3-7-18(13-16)27-24(28)22-8-4-6-17-14-19(9-10-21(17)22)29-20-11-12-26-23(15-20)25-2/h3-15H,1-2H3,(H,25,26)(H,27,28). The molecule has 2 N–H and O–H groups in total. The lowest BCUT2D eigenvalue weighted by Crippen LogP contribution is -2.12. The summed E-state index contributed by atoms with van der Waals surface area (Å²) in [6.45, 7) is 2.00. The number of aromatic nitrogens is 1. The molecule has 0 aliphatic heterocycles. The zero-order valence-electron chi connectivity index (χ0n) is 16.3. The first kappa shape index (κ1) is 18.5. The molecule has 144 valence electrons. The lowest BCUT2D eigenvalue weighted by atomic mass is 10.0. The molecule has 0 unspecified atom stereocenters. The predicted molar refractivity (Wildman–Crippen MR) is 117 cm³/mol. The number of anilines is 2. The van der Waals surface area contributed by atoms with Gasteiger partial charge in [-0.1, -0.05) is 24.3 Å². The lowest BCUT2D eigenvalue weighted by Gasteiger charge is -2.11. The van der Waals surface area contributed by atoms with Gasteiger partial charge in [-0.3, -0.25) is 4.79 Å². The smallest absolute Gasteiger partial charge is 0.256 e. The van der Waals surface area contributed by atoms with Crippen molar-refractivity contribution in [3.8, 4) is 11.5 Å². The topological polar surface area (TPSA) is 63.2 Å². The van der Waals surface area contributed by atoms with Crippen LogP contribution in [0.2, 0.25) is 0 Å². The third-order valence-electron chi connectivity index (χ3n) is 4.60. The number of benzene rings is 3. The molecular formula is C24H21N3O2. The van der Waals surface area contributed by atoms with Gasteiger partial charge in [-0.05, 0) is 65.7 Å². The highest BCUT2D eigenvalue weighted by Gasteiger charge is 2.11. The molecule has 0 radical (unpaired) electrons. The summed E-state index contributed by atoms with van der Waals surface area (Å²) in [5.74, 6) is 1.99. The van der Waals surface area contributed by atoms with Crippen molar-refractivity contribution in [2.24, 2.45) is 0 Å². The van der Waals surface area contributed by atoms with E-state index >= 15 is 0 Å². The van der Waals surface area contributed by atoms with Crippen molar-refractivity contribution in [3.05, 3.63) is 90.1 Å². The summed E-state index contributed by atoms with van der Waals surface area (Å²) in [6.07, 6.45) is 1.69. The number of hydrogen-bond donors (Lipinski definition) is 2. The zero-order valence-corrected chi connectivity index (χ0v) is 16.3. The molecule has 1 aromatic heterocycles. The fraction of sp³-hybridized carbons (Fsp3) is 0.0833. The summed E-state index contributed by atoms with van der Waals surface area (Å²) in [5, 5.41) is 7.77. The van der Waals surface area contributed by atoms with Crippen LogP contribution < -0.4 is 15.4 Å². The summed E-state index contributed by atoms with van der Waals surface area (Å²) >= 11 is 0. The van der Waals surface area contributed by atoms with E-state index in [0.717, 1.165) is 27.8 Å². The van der Waals surface area contributed by atoms with Crippen molar-refractivity contribution < 1.29 is 9.53 Å². The van der Waals surface area contributed by atoms with Gasteiger partial charge in [0.05, 0.1) is 0 Å². The van der Waals surface area contributed by atoms with Crippen molar-refractivity contribution in [2.75, 3.05) is 17.7 Å². The van der Waals surface area contributed by atoms with Gasteiger partial charge < -0.3 is 15.4 Å². The number of ether oxygens (including phenoxy) is 1. The molecule has 0 aliphatic rings. The highest BCUT2D eigenvalue weighted by molar-refractivity contribution is 6.13. The Morgan fingerprint density at radius 2 is 1.76 bits per heavy atom. The fourth-order valence-corrected chi connectivity index (χ4v) is 3.19. The molecule has 4 rings (SSSR count). The minimum absolute atomic E-state index is 0.136. The van der Waals surface area contributed by atoms with E-state index in [1.807, 2.05) is 80.7 Å². The van der Waals surface area contributed by atoms with Gasteiger partial charge in [0.25, 0.3) is 5.91 Å². The molecule has 29 heavy (non-hydrogen) atoms. The van der Waals surface area contributed by atoms with Crippen LogP contribution in [0, 0.1) is 6.92 Å². The van der Waals surface area contributed by atoms with E-state index in [0.29, 0.717) is 17.1 Å². The van der Waals surface area contributed by atoms with E-state index in [1.54, 1.807) is 12.3 Å². The van der Waals surface area contributed by atoms with E-state index in [-0.39, 0.29) is 5.91 Å². The van der Waals surface area contributed by atoms with Crippen LogP contribution in [-0.2, 0) is 0 Å². The van der Waals surface area contributed by atoms with Crippen molar-refractivity contribution >= 4 is 28.2 Å². The predicted octanol–water partition coefficient (Wildman–Crippen LogP) is 5.63. The van der Waals surface area contributed by atoms with Crippen LogP contribution in [0.4, 0.5) is 11.5 Å². The second kappa shape index (κ2) is 8.02. The quantitative estimate of drug-likeness (QED) is 0.469. The Kier molecular flexibility index (Phi) is 5.12. The Morgan fingerprint density at radius 1 is 0.931 bits per heavy atom. The molecule has 0 atom stereocenters. The Labute approximate surface area is 169 Å². The van der Waals surface area contributed by atoms with Crippen LogP contribution >= 0.6 is 0 Å². The molecule has 4 aromatic rings. The van der Waals surface area contributed by atoms with Crippen molar-refractivity contribution in [2.45, 2.75) is 6.92 Å². The largest absolute Gasteiger partial charge is 0.457 e. The van der Waals surface area contributed by atoms with E-state index in [9.17, 15) is 4.79 Å². The number of rotatable bonds is 5. The van der Waals surface area contributed by atoms with Gasteiger partial charge in [0, 0.05) is 30.6 Å². The molecule has 0 saturated heterocycles. The van der Waals surface area contributed by atoms with Crippen LogP contribution in [0.1, 0.15) is 15.9 Å². The first-order chi connectivity index (χ1) is 14.1. The Hall–Kier alpha value is -3.86. The molecule has 0 fully saturated rings. The zero-order chi connectivity index (χ0) is 20.2. The van der Waals surface area contributed by atoms with E-state index < -0.39 is 0 Å². The molecule has 0 aliphatic carbocycles. The van der Waals surface area contributed by atoms with Gasteiger partial charge in [0.2, 0.25) is 0 Å². The van der Waals surface area contributed by atoms with Crippen LogP contribution in [0.15, 0.2) is 79.0 Å². The van der Waals surface area contributed by atoms with Gasteiger partial charge in [-0.2, -0.15) is 0 Å². The molecule has 0 saturated carbocycles. The maximum Gasteiger partial charge on any atom is 0.256 e. The Morgan fingerprint density at radius 3 is 2.59 bits per heavy atom. The number of nitrogens with one attached hydrogen (secondary N) is 2. The monoisotopic (exact) mass is 383 g/mol. The lowest BCUT2D eigenvalue weighted by molar-refractivity contribution is 0.102. The molecule has 5 nitrogen and oxygen atoms in total. The van der Waals surface area contributed by atoms with Gasteiger partial charge >= 0.3 is 0 Å². The molecular weight excluding hydrogens is 362 g/mol. The maximum absolute atomic E-state index is 12.8. The van der Waals surface area contributed by atoms with Gasteiger partial charge in [0.15, 0.2) is 0 Å². The van der Waals surface area contributed by atoms with Gasteiger partial charge in [0.1, 0.15) is 17.3 Å². The third-order valence-corrected chi connectivity index (χ3v) is 4.60. The second-order valence-electron chi connectivity index (χ2n) is 6.74. The number of hydrogen-bond acceptors (Lipinski definition) is 4. The molecule has 0 bridgehead atoms. The molecule has 3 aromatic carbocycles. The minimum Gasteiger partial charge on any atom is -0.457 e. The normalized spacial score (nSPS) is 10.6. The van der Waals surface area contributed by atoms with Crippen LogP contribution in [-0.4, -0.2) is 17.9 Å². The summed E-state index contributed by atoms with van der Waals surface area (Å²) in [4.78, 5) is 17.0. The number of aryl methyl sites for hydroxylation is 1. The van der Waals surface area contributed by atoms with Gasteiger partial charge in [-0.25, -0.2) is 4.98 Å². The minimum atomic E-state index is -0.136. The number of carbonyl (C=O) groups is 1. The van der Waals surface area contributed by atoms with Crippen molar-refractivity contribution in [1.82, 2.24) is 4.98 Å². The fourth-order valence-electron chi connectivity index (χ4n) is 3.19. The second-order valence-corrected chi connectivity index (χ2v) is 6.74. The summed E-state index contributed by atoms with van der Waals surface area (Å²) in [5.41, 5.74) is 2.50. The van der Waals surface area contributed by atoms with Gasteiger partial charge in [-0.15, -0.1) is 0 Å². The average molecular weight is 383 g/mol. The first-order valence-corrected chi connectivity index (χ1v) is 9.35. The highest BCUT2D eigenvalue weighted by atomic mass is 16.5. The third kappa shape index (κ3) is 4.19. The number of nitrogens with zero attached hydrogens (tertiary/aromatic N) is 1. The molecule has 5 heteroatoms. The molecule has 0 spiro atoms.